The van der Waals surface area contributed by atoms with Crippen LogP contribution in [0.1, 0.15) is 33.1 Å². The fourth-order valence-electron chi connectivity index (χ4n) is 3.71. The van der Waals surface area contributed by atoms with Crippen LogP contribution in [0.25, 0.3) is 5.00 Å². The van der Waals surface area contributed by atoms with Crippen LogP contribution in [0.2, 0.25) is 5.02 Å². The topological polar surface area (TPSA) is 68.4 Å². The molecular formula is C23H21ClN6OS. The summed E-state index contributed by atoms with van der Waals surface area (Å²) in [4.78, 5) is 5.76. The van der Waals surface area contributed by atoms with Crippen LogP contribution in [0.4, 0.5) is 5.95 Å². The van der Waals surface area contributed by atoms with Crippen molar-refractivity contribution in [2.45, 2.75) is 27.3 Å². The Balaban J connectivity index is 1.71. The van der Waals surface area contributed by atoms with E-state index >= 15 is 0 Å². The highest BCUT2D eigenvalue weighted by Gasteiger charge is 2.30. The summed E-state index contributed by atoms with van der Waals surface area (Å²) >= 11 is 7.89. The molecule has 162 valence electrons. The van der Waals surface area contributed by atoms with E-state index in [0.29, 0.717) is 23.3 Å². The van der Waals surface area contributed by atoms with Gasteiger partial charge in [0.1, 0.15) is 22.3 Å². The monoisotopic (exact) mass is 464 g/mol. The fraction of sp³-hybridized carbons (Fsp3) is 0.217. The van der Waals surface area contributed by atoms with E-state index in [1.54, 1.807) is 24.6 Å². The third kappa shape index (κ3) is 3.45. The van der Waals surface area contributed by atoms with Gasteiger partial charge in [0.15, 0.2) is 0 Å². The van der Waals surface area contributed by atoms with Crippen molar-refractivity contribution in [3.8, 4) is 10.8 Å². The van der Waals surface area contributed by atoms with E-state index in [1.807, 2.05) is 48.3 Å². The first-order valence-electron chi connectivity index (χ1n) is 10.1. The number of hydrazone groups is 1. The Hall–Kier alpha value is -3.23. The van der Waals surface area contributed by atoms with Crippen LogP contribution in [-0.4, -0.2) is 32.6 Å². The molecule has 1 aromatic carbocycles. The first kappa shape index (κ1) is 20.7. The minimum Gasteiger partial charge on any atom is -0.495 e. The number of thiophene rings is 1. The molecule has 0 radical (unpaired) electrons. The van der Waals surface area contributed by atoms with E-state index in [-0.39, 0.29) is 0 Å². The van der Waals surface area contributed by atoms with Crippen LogP contribution in [0.5, 0.6) is 5.75 Å². The van der Waals surface area contributed by atoms with Gasteiger partial charge in [-0.3, -0.25) is 9.55 Å². The Morgan fingerprint density at radius 3 is 2.50 bits per heavy atom. The Labute approximate surface area is 195 Å². The number of nitrogens with zero attached hydrogens (tertiary/aromatic N) is 6. The van der Waals surface area contributed by atoms with Crippen molar-refractivity contribution in [1.29, 1.82) is 0 Å². The second-order valence-corrected chi connectivity index (χ2v) is 9.19. The molecule has 5 rings (SSSR count). The third-order valence-corrected chi connectivity index (χ3v) is 6.97. The molecular weight excluding hydrogens is 444 g/mol. The molecule has 0 amide bonds. The summed E-state index contributed by atoms with van der Waals surface area (Å²) in [5, 5.41) is 17.5. The van der Waals surface area contributed by atoms with Crippen LogP contribution in [0.3, 0.4) is 0 Å². The van der Waals surface area contributed by atoms with Gasteiger partial charge in [-0.15, -0.1) is 21.5 Å². The smallest absolute Gasteiger partial charge is 0.253 e. The average Bonchev–Trinajstić information content (AvgIpc) is 3.27. The molecule has 0 aliphatic carbocycles. The van der Waals surface area contributed by atoms with Crippen molar-refractivity contribution in [3.63, 3.8) is 0 Å². The second-order valence-electron chi connectivity index (χ2n) is 7.55. The average molecular weight is 465 g/mol. The summed E-state index contributed by atoms with van der Waals surface area (Å²) in [5.41, 5.74) is 4.99. The summed E-state index contributed by atoms with van der Waals surface area (Å²) in [6.07, 6.45) is 1.71. The quantitative estimate of drug-likeness (QED) is 0.421. The molecule has 4 aromatic rings. The molecule has 0 spiro atoms. The highest BCUT2D eigenvalue weighted by molar-refractivity contribution is 7.15. The number of ether oxygens (including phenoxy) is 1. The summed E-state index contributed by atoms with van der Waals surface area (Å²) in [6.45, 7) is 6.66. The minimum atomic E-state index is 0.437. The number of hydrogen-bond donors (Lipinski definition) is 0. The second kappa shape index (κ2) is 8.03. The number of halogens is 1. The fourth-order valence-corrected chi connectivity index (χ4v) is 5.04. The van der Waals surface area contributed by atoms with Crippen LogP contribution in [-0.2, 0) is 6.54 Å². The Morgan fingerprint density at radius 2 is 1.81 bits per heavy atom. The van der Waals surface area contributed by atoms with E-state index < -0.39 is 0 Å². The summed E-state index contributed by atoms with van der Waals surface area (Å²) < 4.78 is 7.32. The molecule has 0 bridgehead atoms. The van der Waals surface area contributed by atoms with Crippen molar-refractivity contribution in [2.24, 2.45) is 5.10 Å². The number of methoxy groups -OCH3 is 1. The maximum atomic E-state index is 6.17. The van der Waals surface area contributed by atoms with Gasteiger partial charge in [0, 0.05) is 21.0 Å². The number of aryl methyl sites for hydroxylation is 2. The largest absolute Gasteiger partial charge is 0.495 e. The number of rotatable bonds is 4. The molecule has 4 heterocycles. The highest BCUT2D eigenvalue weighted by atomic mass is 35.5. The molecule has 0 saturated heterocycles. The zero-order valence-corrected chi connectivity index (χ0v) is 19.7. The van der Waals surface area contributed by atoms with Crippen molar-refractivity contribution in [1.82, 2.24) is 19.7 Å². The number of hydrogen-bond acceptors (Lipinski definition) is 7. The molecule has 9 heteroatoms. The third-order valence-electron chi connectivity index (χ3n) is 5.53. The summed E-state index contributed by atoms with van der Waals surface area (Å²) in [7, 11) is 1.63. The lowest BCUT2D eigenvalue weighted by molar-refractivity contribution is 0.412. The summed E-state index contributed by atoms with van der Waals surface area (Å²) in [6, 6.07) is 11.6. The van der Waals surface area contributed by atoms with Gasteiger partial charge >= 0.3 is 0 Å². The lowest BCUT2D eigenvalue weighted by Crippen LogP contribution is -2.21. The van der Waals surface area contributed by atoms with Gasteiger partial charge in [0.05, 0.1) is 25.5 Å². The van der Waals surface area contributed by atoms with E-state index in [2.05, 4.69) is 33.6 Å². The molecule has 0 N–H and O–H groups in total. The number of fused-ring (bicyclic) bond motifs is 3. The van der Waals surface area contributed by atoms with E-state index in [1.165, 1.54) is 10.4 Å². The SMILES string of the molecule is COc1ccc(CN2N=C(c3ccc(Cl)cc3)c3c(sc(C)c3C)-n3c(C)nnc32)nc1. The molecule has 0 atom stereocenters. The van der Waals surface area contributed by atoms with Gasteiger partial charge in [-0.1, -0.05) is 23.7 Å². The maximum absolute atomic E-state index is 6.17. The molecule has 0 saturated carbocycles. The first-order chi connectivity index (χ1) is 15.5. The van der Waals surface area contributed by atoms with Gasteiger partial charge in [0.2, 0.25) is 0 Å². The molecule has 7 nitrogen and oxygen atoms in total. The van der Waals surface area contributed by atoms with Crippen LogP contribution in [0.15, 0.2) is 47.7 Å². The number of anilines is 1. The van der Waals surface area contributed by atoms with Gasteiger partial charge in [-0.2, -0.15) is 5.10 Å². The van der Waals surface area contributed by atoms with E-state index in [9.17, 15) is 0 Å². The van der Waals surface area contributed by atoms with Gasteiger partial charge in [0.25, 0.3) is 5.95 Å². The van der Waals surface area contributed by atoms with Gasteiger partial charge in [-0.25, -0.2) is 5.01 Å². The standard InChI is InChI=1S/C23H21ClN6OS/c1-13-14(2)32-22-20(13)21(16-5-7-17(24)8-6-16)28-29(23-27-26-15(3)30(22)23)12-18-9-10-19(31-4)11-25-18/h5-11H,12H2,1-4H3. The van der Waals surface area contributed by atoms with Crippen LogP contribution < -0.4 is 9.75 Å². The Morgan fingerprint density at radius 1 is 1.03 bits per heavy atom. The Bertz CT molecular complexity index is 1320. The predicted molar refractivity (Wildman–Crippen MR) is 128 cm³/mol. The van der Waals surface area contributed by atoms with Crippen LogP contribution in [0, 0.1) is 20.8 Å². The van der Waals surface area contributed by atoms with E-state index in [4.69, 9.17) is 21.4 Å². The zero-order valence-electron chi connectivity index (χ0n) is 18.1. The van der Waals surface area contributed by atoms with Crippen molar-refractivity contribution in [3.05, 3.63) is 80.7 Å². The van der Waals surface area contributed by atoms with Gasteiger partial charge in [-0.05, 0) is 50.6 Å². The molecule has 0 unspecified atom stereocenters. The highest BCUT2D eigenvalue weighted by Crippen LogP contribution is 2.38. The first-order valence-corrected chi connectivity index (χ1v) is 11.3. The van der Waals surface area contributed by atoms with Crippen molar-refractivity contribution < 1.29 is 4.74 Å². The lowest BCUT2D eigenvalue weighted by atomic mass is 10.00. The molecule has 1 aliphatic heterocycles. The Kier molecular flexibility index (Phi) is 5.19. The molecule has 3 aromatic heterocycles. The molecule has 0 fully saturated rings. The zero-order chi connectivity index (χ0) is 22.4. The maximum Gasteiger partial charge on any atom is 0.253 e. The lowest BCUT2D eigenvalue weighted by Gasteiger charge is -2.17. The van der Waals surface area contributed by atoms with Crippen LogP contribution >= 0.6 is 22.9 Å². The van der Waals surface area contributed by atoms with Gasteiger partial charge < -0.3 is 4.74 Å². The molecule has 1 aliphatic rings. The normalized spacial score (nSPS) is 12.8. The number of aromatic nitrogens is 4. The van der Waals surface area contributed by atoms with Crippen molar-refractivity contribution in [2.75, 3.05) is 12.1 Å². The minimum absolute atomic E-state index is 0.437. The van der Waals surface area contributed by atoms with E-state index in [0.717, 1.165) is 33.4 Å². The predicted octanol–water partition coefficient (Wildman–Crippen LogP) is 5.08. The summed E-state index contributed by atoms with van der Waals surface area (Å²) in [5.74, 6) is 2.18. The molecule has 32 heavy (non-hydrogen) atoms. The van der Waals surface area contributed by atoms with Crippen molar-refractivity contribution >= 4 is 34.6 Å². The number of benzene rings is 1. The number of pyridine rings is 1.